The minimum absolute atomic E-state index is 0.0390. The van der Waals surface area contributed by atoms with Gasteiger partial charge in [-0.1, -0.05) is 0 Å². The maximum absolute atomic E-state index is 13.1. The number of carbonyl (C=O) groups is 2. The van der Waals surface area contributed by atoms with Gasteiger partial charge in [-0.15, -0.1) is 0 Å². The summed E-state index contributed by atoms with van der Waals surface area (Å²) in [5, 5.41) is 2.60. The molecule has 2 rings (SSSR count). The van der Waals surface area contributed by atoms with Gasteiger partial charge in [-0.25, -0.2) is 4.79 Å². The van der Waals surface area contributed by atoms with Crippen molar-refractivity contribution in [2.75, 3.05) is 18.5 Å². The van der Waals surface area contributed by atoms with Gasteiger partial charge < -0.3 is 20.7 Å². The summed E-state index contributed by atoms with van der Waals surface area (Å²) >= 11 is 0. The highest BCUT2D eigenvalue weighted by Gasteiger charge is 2.56. The van der Waals surface area contributed by atoms with Gasteiger partial charge in [0, 0.05) is 12.2 Å². The predicted octanol–water partition coefficient (Wildman–Crippen LogP) is 3.14. The summed E-state index contributed by atoms with van der Waals surface area (Å²) < 4.78 is 44.7. The lowest BCUT2D eigenvalue weighted by atomic mass is 9.88. The van der Waals surface area contributed by atoms with Crippen molar-refractivity contribution in [3.05, 3.63) is 24.3 Å². The monoisotopic (exact) mass is 373 g/mol. The summed E-state index contributed by atoms with van der Waals surface area (Å²) in [5.74, 6) is -1.54. The Morgan fingerprint density at radius 2 is 1.92 bits per heavy atom. The molecule has 0 saturated carbocycles. The van der Waals surface area contributed by atoms with Crippen LogP contribution in [0.3, 0.4) is 0 Å². The number of ether oxygens (including phenoxy) is 1. The SMILES string of the molecule is CC1(C)C(C(F)(F)F)CCN1C(=O)Nc1ccc(OCCC(N)=O)cc1. The van der Waals surface area contributed by atoms with Crippen molar-refractivity contribution in [3.8, 4) is 5.75 Å². The molecule has 144 valence electrons. The Morgan fingerprint density at radius 3 is 2.42 bits per heavy atom. The second-order valence-electron chi connectivity index (χ2n) is 6.71. The fourth-order valence-electron chi connectivity index (χ4n) is 3.11. The van der Waals surface area contributed by atoms with Gasteiger partial charge in [0.15, 0.2) is 0 Å². The molecule has 6 nitrogen and oxygen atoms in total. The number of alkyl halides is 3. The summed E-state index contributed by atoms with van der Waals surface area (Å²) in [4.78, 5) is 24.3. The zero-order valence-electron chi connectivity index (χ0n) is 14.6. The molecule has 9 heteroatoms. The number of carbonyl (C=O) groups excluding carboxylic acids is 2. The van der Waals surface area contributed by atoms with Gasteiger partial charge in [0.05, 0.1) is 24.5 Å². The van der Waals surface area contributed by atoms with Gasteiger partial charge in [0.25, 0.3) is 0 Å². The Kier molecular flexibility index (Phi) is 5.68. The quantitative estimate of drug-likeness (QED) is 0.832. The van der Waals surface area contributed by atoms with Crippen molar-refractivity contribution in [3.63, 3.8) is 0 Å². The molecule has 3 N–H and O–H groups in total. The first-order valence-electron chi connectivity index (χ1n) is 8.18. The highest BCUT2D eigenvalue weighted by atomic mass is 19.4. The van der Waals surface area contributed by atoms with Crippen molar-refractivity contribution in [2.24, 2.45) is 11.7 Å². The van der Waals surface area contributed by atoms with Crippen molar-refractivity contribution in [1.29, 1.82) is 0 Å². The largest absolute Gasteiger partial charge is 0.493 e. The van der Waals surface area contributed by atoms with Crippen LogP contribution < -0.4 is 15.8 Å². The van der Waals surface area contributed by atoms with E-state index >= 15 is 0 Å². The molecule has 1 aliphatic heterocycles. The van der Waals surface area contributed by atoms with Crippen LogP contribution in [0, 0.1) is 5.92 Å². The van der Waals surface area contributed by atoms with Gasteiger partial charge in [0.1, 0.15) is 5.75 Å². The van der Waals surface area contributed by atoms with Gasteiger partial charge >= 0.3 is 12.2 Å². The maximum Gasteiger partial charge on any atom is 0.394 e. The molecule has 1 atom stereocenters. The smallest absolute Gasteiger partial charge is 0.394 e. The van der Waals surface area contributed by atoms with E-state index in [1.165, 1.54) is 18.7 Å². The molecule has 1 unspecified atom stereocenters. The first-order chi connectivity index (χ1) is 12.0. The summed E-state index contributed by atoms with van der Waals surface area (Å²) in [7, 11) is 0. The third kappa shape index (κ3) is 4.59. The molecule has 1 aromatic rings. The van der Waals surface area contributed by atoms with Gasteiger partial charge in [0.2, 0.25) is 5.91 Å². The highest BCUT2D eigenvalue weighted by molar-refractivity contribution is 5.90. The number of urea groups is 1. The molecule has 0 aliphatic carbocycles. The van der Waals surface area contributed by atoms with E-state index in [1.54, 1.807) is 24.3 Å². The number of likely N-dealkylation sites (tertiary alicyclic amines) is 1. The number of benzene rings is 1. The van der Waals surface area contributed by atoms with Gasteiger partial charge in [-0.05, 0) is 44.5 Å². The predicted molar refractivity (Wildman–Crippen MR) is 89.7 cm³/mol. The van der Waals surface area contributed by atoms with E-state index in [0.29, 0.717) is 11.4 Å². The van der Waals surface area contributed by atoms with Crippen LogP contribution in [0.25, 0.3) is 0 Å². The third-order valence-electron chi connectivity index (χ3n) is 4.55. The number of anilines is 1. The zero-order chi connectivity index (χ0) is 19.5. The van der Waals surface area contributed by atoms with Crippen molar-refractivity contribution in [1.82, 2.24) is 4.90 Å². The van der Waals surface area contributed by atoms with Crippen LogP contribution in [0.15, 0.2) is 24.3 Å². The van der Waals surface area contributed by atoms with E-state index in [4.69, 9.17) is 10.5 Å². The molecule has 0 radical (unpaired) electrons. The third-order valence-corrected chi connectivity index (χ3v) is 4.55. The second-order valence-corrected chi connectivity index (χ2v) is 6.71. The number of halogens is 3. The summed E-state index contributed by atoms with van der Waals surface area (Å²) in [6.45, 7) is 3.03. The number of rotatable bonds is 5. The molecule has 1 fully saturated rings. The molecule has 26 heavy (non-hydrogen) atoms. The molecule has 3 amide bonds. The maximum atomic E-state index is 13.1. The molecular weight excluding hydrogens is 351 g/mol. The Morgan fingerprint density at radius 1 is 1.31 bits per heavy atom. The van der Waals surface area contributed by atoms with Crippen molar-refractivity contribution in [2.45, 2.75) is 38.4 Å². The van der Waals surface area contributed by atoms with E-state index in [2.05, 4.69) is 5.32 Å². The van der Waals surface area contributed by atoms with Crippen molar-refractivity contribution >= 4 is 17.6 Å². The molecule has 1 aliphatic rings. The number of primary amides is 1. The molecule has 0 aromatic heterocycles. The lowest BCUT2D eigenvalue weighted by Crippen LogP contribution is -2.51. The Balaban J connectivity index is 1.96. The minimum Gasteiger partial charge on any atom is -0.493 e. The van der Waals surface area contributed by atoms with E-state index in [9.17, 15) is 22.8 Å². The van der Waals surface area contributed by atoms with Crippen molar-refractivity contribution < 1.29 is 27.5 Å². The fourth-order valence-corrected chi connectivity index (χ4v) is 3.11. The number of hydrogen-bond acceptors (Lipinski definition) is 3. The summed E-state index contributed by atoms with van der Waals surface area (Å²) in [6.07, 6.45) is -4.37. The molecule has 1 aromatic carbocycles. The van der Waals surface area contributed by atoms with Crippen LogP contribution in [-0.2, 0) is 4.79 Å². The van der Waals surface area contributed by atoms with Crippen LogP contribution in [0.5, 0.6) is 5.75 Å². The standard InChI is InChI=1S/C17H22F3N3O3/c1-16(2)13(17(18,19)20)7-9-23(16)15(25)22-11-3-5-12(6-4-11)26-10-8-14(21)24/h3-6,13H,7-10H2,1-2H3,(H2,21,24)(H,22,25). The zero-order valence-corrected chi connectivity index (χ0v) is 14.6. The number of hydrogen-bond donors (Lipinski definition) is 2. The fraction of sp³-hybridized carbons (Fsp3) is 0.529. The second kappa shape index (κ2) is 7.43. The van der Waals surface area contributed by atoms with Crippen LogP contribution in [-0.4, -0.2) is 41.7 Å². The van der Waals surface area contributed by atoms with Crippen LogP contribution in [0.2, 0.25) is 0 Å². The number of nitrogens with two attached hydrogens (primary N) is 1. The van der Waals surface area contributed by atoms with E-state index in [1.807, 2.05) is 0 Å². The number of amides is 3. The normalized spacial score (nSPS) is 19.3. The molecule has 1 saturated heterocycles. The van der Waals surface area contributed by atoms with Crippen LogP contribution >= 0.6 is 0 Å². The molecular formula is C17H22F3N3O3. The van der Waals surface area contributed by atoms with E-state index < -0.39 is 29.6 Å². The topological polar surface area (TPSA) is 84.7 Å². The summed E-state index contributed by atoms with van der Waals surface area (Å²) in [6, 6.07) is 5.74. The molecule has 1 heterocycles. The lowest BCUT2D eigenvalue weighted by Gasteiger charge is -2.36. The lowest BCUT2D eigenvalue weighted by molar-refractivity contribution is -0.189. The minimum atomic E-state index is -4.34. The number of nitrogens with one attached hydrogen (secondary N) is 1. The molecule has 0 bridgehead atoms. The van der Waals surface area contributed by atoms with Gasteiger partial charge in [-0.3, -0.25) is 4.79 Å². The first kappa shape index (κ1) is 19.9. The van der Waals surface area contributed by atoms with Crippen LogP contribution in [0.4, 0.5) is 23.7 Å². The first-order valence-corrected chi connectivity index (χ1v) is 8.18. The van der Waals surface area contributed by atoms with Crippen LogP contribution in [0.1, 0.15) is 26.7 Å². The van der Waals surface area contributed by atoms with Gasteiger partial charge in [-0.2, -0.15) is 13.2 Å². The molecule has 0 spiro atoms. The Bertz CT molecular complexity index is 659. The average Bonchev–Trinajstić information content (AvgIpc) is 2.83. The van der Waals surface area contributed by atoms with E-state index in [-0.39, 0.29) is 26.0 Å². The average molecular weight is 373 g/mol. The highest BCUT2D eigenvalue weighted by Crippen LogP contribution is 2.44. The Labute approximate surface area is 149 Å². The summed E-state index contributed by atoms with van der Waals surface area (Å²) in [5.41, 5.74) is 4.13. The van der Waals surface area contributed by atoms with E-state index in [0.717, 1.165) is 0 Å². The number of nitrogens with zero attached hydrogens (tertiary/aromatic N) is 1. The Hall–Kier alpha value is -2.45.